The van der Waals surface area contributed by atoms with Crippen LogP contribution in [0.5, 0.6) is 0 Å². The van der Waals surface area contributed by atoms with Crippen LogP contribution in [0.3, 0.4) is 0 Å². The summed E-state index contributed by atoms with van der Waals surface area (Å²) in [6.07, 6.45) is -0.0744. The van der Waals surface area contributed by atoms with E-state index in [0.717, 1.165) is 16.8 Å². The van der Waals surface area contributed by atoms with Crippen LogP contribution in [0.4, 0.5) is 10.5 Å². The Morgan fingerprint density at radius 2 is 1.59 bits per heavy atom. The van der Waals surface area contributed by atoms with Crippen molar-refractivity contribution in [2.45, 2.75) is 34.1 Å². The minimum absolute atomic E-state index is 0.00371. The van der Waals surface area contributed by atoms with Crippen molar-refractivity contribution in [3.8, 4) is 0 Å². The lowest BCUT2D eigenvalue weighted by Gasteiger charge is -2.34. The molecule has 0 saturated carbocycles. The minimum Gasteiger partial charge on any atom is -0.450 e. The van der Waals surface area contributed by atoms with E-state index in [2.05, 4.69) is 0 Å². The van der Waals surface area contributed by atoms with Gasteiger partial charge in [0.1, 0.15) is 0 Å². The second kappa shape index (κ2) is 9.39. The molecule has 1 fully saturated rings. The van der Waals surface area contributed by atoms with Crippen LogP contribution >= 0.6 is 0 Å². The third kappa shape index (κ3) is 5.21. The first-order valence-corrected chi connectivity index (χ1v) is 9.39. The molecular formula is C20H29N3O4. The number of hydrogen-bond acceptors (Lipinski definition) is 4. The molecule has 1 aromatic carbocycles. The Bertz CT molecular complexity index is 676. The molecular weight excluding hydrogens is 346 g/mol. The molecule has 0 unspecified atom stereocenters. The Kier molecular flexibility index (Phi) is 7.21. The van der Waals surface area contributed by atoms with E-state index in [0.29, 0.717) is 39.3 Å². The number of nitrogens with zero attached hydrogens (tertiary/aromatic N) is 3. The molecule has 0 radical (unpaired) electrons. The fourth-order valence-electron chi connectivity index (χ4n) is 3.38. The minimum atomic E-state index is -0.331. The number of amides is 3. The van der Waals surface area contributed by atoms with Crippen molar-refractivity contribution in [3.63, 3.8) is 0 Å². The van der Waals surface area contributed by atoms with Crippen LogP contribution in [0.2, 0.25) is 0 Å². The summed E-state index contributed by atoms with van der Waals surface area (Å²) >= 11 is 0. The van der Waals surface area contributed by atoms with Crippen LogP contribution < -0.4 is 4.90 Å². The molecule has 1 saturated heterocycles. The van der Waals surface area contributed by atoms with Crippen molar-refractivity contribution >= 4 is 23.6 Å². The summed E-state index contributed by atoms with van der Waals surface area (Å²) < 4.78 is 4.99. The number of carbonyl (C=O) groups is 3. The summed E-state index contributed by atoms with van der Waals surface area (Å²) in [5, 5.41) is 0. The van der Waals surface area contributed by atoms with E-state index in [-0.39, 0.29) is 24.3 Å². The number of carbonyl (C=O) groups excluding carboxylic acids is 3. The van der Waals surface area contributed by atoms with Gasteiger partial charge < -0.3 is 19.4 Å². The number of rotatable bonds is 5. The second-order valence-electron chi connectivity index (χ2n) is 6.73. The van der Waals surface area contributed by atoms with Crippen molar-refractivity contribution in [1.29, 1.82) is 0 Å². The van der Waals surface area contributed by atoms with Crippen molar-refractivity contribution < 1.29 is 19.1 Å². The Morgan fingerprint density at radius 3 is 2.11 bits per heavy atom. The first kappa shape index (κ1) is 20.7. The van der Waals surface area contributed by atoms with Crippen molar-refractivity contribution in [2.24, 2.45) is 0 Å². The largest absolute Gasteiger partial charge is 0.450 e. The van der Waals surface area contributed by atoms with Gasteiger partial charge in [0.2, 0.25) is 11.8 Å². The predicted molar refractivity (Wildman–Crippen MR) is 104 cm³/mol. The predicted octanol–water partition coefficient (Wildman–Crippen LogP) is 2.35. The summed E-state index contributed by atoms with van der Waals surface area (Å²) in [5.74, 6) is -0.0803. The maximum absolute atomic E-state index is 12.6. The average Bonchev–Trinajstić information content (AvgIpc) is 2.63. The average molecular weight is 375 g/mol. The normalized spacial score (nSPS) is 14.1. The Labute approximate surface area is 160 Å². The van der Waals surface area contributed by atoms with Gasteiger partial charge in [0.15, 0.2) is 0 Å². The van der Waals surface area contributed by atoms with E-state index >= 15 is 0 Å². The lowest BCUT2D eigenvalue weighted by molar-refractivity contribution is -0.132. The molecule has 3 amide bonds. The summed E-state index contributed by atoms with van der Waals surface area (Å²) in [5.41, 5.74) is 2.91. The van der Waals surface area contributed by atoms with Gasteiger partial charge in [0.05, 0.1) is 6.61 Å². The second-order valence-corrected chi connectivity index (χ2v) is 6.73. The van der Waals surface area contributed by atoms with Crippen molar-refractivity contribution in [3.05, 3.63) is 29.3 Å². The topological polar surface area (TPSA) is 70.2 Å². The first-order valence-electron chi connectivity index (χ1n) is 9.39. The molecule has 1 aliphatic rings. The van der Waals surface area contributed by atoms with Crippen molar-refractivity contribution in [2.75, 3.05) is 44.2 Å². The van der Waals surface area contributed by atoms with E-state index in [4.69, 9.17) is 4.74 Å². The lowest BCUT2D eigenvalue weighted by Crippen LogP contribution is -2.51. The van der Waals surface area contributed by atoms with E-state index in [1.54, 1.807) is 21.6 Å². The van der Waals surface area contributed by atoms with Crippen LogP contribution in [-0.4, -0.2) is 67.0 Å². The smallest absolute Gasteiger partial charge is 0.409 e. The van der Waals surface area contributed by atoms with Crippen molar-refractivity contribution in [1.82, 2.24) is 9.80 Å². The van der Waals surface area contributed by atoms with E-state index in [1.165, 1.54) is 6.92 Å². The van der Waals surface area contributed by atoms with Crippen LogP contribution in [0.25, 0.3) is 0 Å². The molecule has 0 bridgehead atoms. The maximum Gasteiger partial charge on any atom is 0.409 e. The zero-order valence-electron chi connectivity index (χ0n) is 16.7. The quantitative estimate of drug-likeness (QED) is 0.792. The molecule has 7 heteroatoms. The Balaban J connectivity index is 1.94. The van der Waals surface area contributed by atoms with Crippen LogP contribution in [0.1, 0.15) is 31.4 Å². The molecule has 27 heavy (non-hydrogen) atoms. The van der Waals surface area contributed by atoms with E-state index in [1.807, 2.05) is 32.0 Å². The standard InChI is InChI=1S/C20H29N3O4/c1-5-27-20(26)22-13-11-21(12-14-22)18(25)9-10-23(17(4)24)19-15(2)7-6-8-16(19)3/h6-8H,5,9-14H2,1-4H3. The van der Waals surface area contributed by atoms with Gasteiger partial charge in [-0.15, -0.1) is 0 Å². The molecule has 1 heterocycles. The summed E-state index contributed by atoms with van der Waals surface area (Å²) in [6, 6.07) is 5.89. The number of ether oxygens (including phenoxy) is 1. The monoisotopic (exact) mass is 375 g/mol. The summed E-state index contributed by atoms with van der Waals surface area (Å²) in [7, 11) is 0. The fourth-order valence-corrected chi connectivity index (χ4v) is 3.38. The highest BCUT2D eigenvalue weighted by atomic mass is 16.6. The number of benzene rings is 1. The van der Waals surface area contributed by atoms with Gasteiger partial charge in [-0.1, -0.05) is 18.2 Å². The fraction of sp³-hybridized carbons (Fsp3) is 0.550. The van der Waals surface area contributed by atoms with Crippen LogP contribution in [0.15, 0.2) is 18.2 Å². The zero-order chi connectivity index (χ0) is 20.0. The highest BCUT2D eigenvalue weighted by Crippen LogP contribution is 2.25. The third-order valence-corrected chi connectivity index (χ3v) is 4.80. The first-order chi connectivity index (χ1) is 12.8. The summed E-state index contributed by atoms with van der Waals surface area (Å²) in [6.45, 7) is 9.83. The van der Waals surface area contributed by atoms with Gasteiger partial charge >= 0.3 is 6.09 Å². The molecule has 0 aliphatic carbocycles. The molecule has 1 aliphatic heterocycles. The van der Waals surface area contributed by atoms with Gasteiger partial charge in [0.25, 0.3) is 0 Å². The lowest BCUT2D eigenvalue weighted by atomic mass is 10.1. The van der Waals surface area contributed by atoms with Gasteiger partial charge in [0, 0.05) is 51.8 Å². The molecule has 0 spiro atoms. The highest BCUT2D eigenvalue weighted by Gasteiger charge is 2.25. The van der Waals surface area contributed by atoms with Gasteiger partial charge in [-0.25, -0.2) is 4.79 Å². The Hall–Kier alpha value is -2.57. The molecule has 0 aromatic heterocycles. The molecule has 0 atom stereocenters. The molecule has 0 N–H and O–H groups in total. The van der Waals surface area contributed by atoms with E-state index in [9.17, 15) is 14.4 Å². The molecule has 1 aromatic rings. The molecule has 148 valence electrons. The maximum atomic E-state index is 12.6. The highest BCUT2D eigenvalue weighted by molar-refractivity contribution is 5.94. The van der Waals surface area contributed by atoms with E-state index < -0.39 is 0 Å². The molecule has 2 rings (SSSR count). The number of para-hydroxylation sites is 1. The third-order valence-electron chi connectivity index (χ3n) is 4.80. The number of anilines is 1. The van der Waals surface area contributed by atoms with Gasteiger partial charge in [-0.3, -0.25) is 9.59 Å². The van der Waals surface area contributed by atoms with Gasteiger partial charge in [-0.05, 0) is 31.9 Å². The zero-order valence-corrected chi connectivity index (χ0v) is 16.7. The number of hydrogen-bond donors (Lipinski definition) is 0. The Morgan fingerprint density at radius 1 is 1.04 bits per heavy atom. The van der Waals surface area contributed by atoms with Gasteiger partial charge in [-0.2, -0.15) is 0 Å². The SMILES string of the molecule is CCOC(=O)N1CCN(C(=O)CCN(C(C)=O)c2c(C)cccc2C)CC1. The van der Waals surface area contributed by atoms with Crippen LogP contribution in [-0.2, 0) is 14.3 Å². The summed E-state index contributed by atoms with van der Waals surface area (Å²) in [4.78, 5) is 41.5. The molecule has 7 nitrogen and oxygen atoms in total. The number of aryl methyl sites for hydroxylation is 2. The number of piperazine rings is 1. The van der Waals surface area contributed by atoms with Crippen LogP contribution in [0, 0.1) is 13.8 Å².